The summed E-state index contributed by atoms with van der Waals surface area (Å²) in [5.74, 6) is 0.208. The molecule has 1 atom stereocenters. The minimum atomic E-state index is -0.289. The number of amides is 1. The van der Waals surface area contributed by atoms with E-state index >= 15 is 0 Å². The quantitative estimate of drug-likeness (QED) is 0.875. The molecule has 1 N–H and O–H groups in total. The number of anilines is 1. The summed E-state index contributed by atoms with van der Waals surface area (Å²) in [6.07, 6.45) is 2.09. The number of hydrogen-bond donors (Lipinski definition) is 1. The van der Waals surface area contributed by atoms with Crippen molar-refractivity contribution < 1.29 is 9.18 Å². The van der Waals surface area contributed by atoms with E-state index in [1.165, 1.54) is 12.1 Å². The van der Waals surface area contributed by atoms with Gasteiger partial charge in [-0.15, -0.1) is 0 Å². The number of nitrogens with zero attached hydrogens (tertiary/aromatic N) is 2. The van der Waals surface area contributed by atoms with Gasteiger partial charge in [-0.1, -0.05) is 12.1 Å². The van der Waals surface area contributed by atoms with Gasteiger partial charge in [0.25, 0.3) is 0 Å². The van der Waals surface area contributed by atoms with Crippen molar-refractivity contribution in [1.82, 2.24) is 9.78 Å². The number of benzene rings is 1. The highest BCUT2D eigenvalue weighted by Crippen LogP contribution is 2.38. The van der Waals surface area contributed by atoms with Crippen LogP contribution in [-0.4, -0.2) is 15.7 Å². The average Bonchev–Trinajstić information content (AvgIpc) is 2.81. The van der Waals surface area contributed by atoms with Crippen molar-refractivity contribution in [1.29, 1.82) is 0 Å². The zero-order valence-corrected chi connectivity index (χ0v) is 12.4. The molecule has 1 aromatic carbocycles. The lowest BCUT2D eigenvalue weighted by Crippen LogP contribution is -2.30. The third-order valence-corrected chi connectivity index (χ3v) is 3.71. The first-order valence-corrected chi connectivity index (χ1v) is 7.00. The van der Waals surface area contributed by atoms with Gasteiger partial charge in [0.05, 0.1) is 11.7 Å². The third kappa shape index (κ3) is 2.44. The Morgan fingerprint density at radius 1 is 1.38 bits per heavy atom. The van der Waals surface area contributed by atoms with Crippen molar-refractivity contribution >= 4 is 11.7 Å². The van der Waals surface area contributed by atoms with Crippen molar-refractivity contribution in [3.8, 4) is 0 Å². The highest BCUT2D eigenvalue weighted by molar-refractivity contribution is 5.94. The van der Waals surface area contributed by atoms with Crippen LogP contribution in [0.5, 0.6) is 0 Å². The first-order valence-electron chi connectivity index (χ1n) is 7.00. The number of aromatic nitrogens is 2. The topological polar surface area (TPSA) is 46.9 Å². The summed E-state index contributed by atoms with van der Waals surface area (Å²) in [6.45, 7) is 6.08. The van der Waals surface area contributed by atoms with E-state index in [0.717, 1.165) is 11.1 Å². The van der Waals surface area contributed by atoms with Gasteiger partial charge in [0.2, 0.25) is 5.91 Å². The molecule has 0 spiro atoms. The molecule has 110 valence electrons. The number of carbonyl (C=O) groups excluding carboxylic acids is 1. The molecular weight excluding hydrogens is 269 g/mol. The number of fused-ring (bicyclic) bond motifs is 1. The summed E-state index contributed by atoms with van der Waals surface area (Å²) in [6, 6.07) is 6.42. The Bertz CT molecular complexity index is 700. The van der Waals surface area contributed by atoms with E-state index < -0.39 is 0 Å². The highest BCUT2D eigenvalue weighted by Gasteiger charge is 2.32. The fourth-order valence-electron chi connectivity index (χ4n) is 2.75. The molecule has 0 aliphatic carbocycles. The Balaban J connectivity index is 2.11. The van der Waals surface area contributed by atoms with Crippen LogP contribution in [0.15, 0.2) is 30.5 Å². The van der Waals surface area contributed by atoms with Crippen molar-refractivity contribution in [2.24, 2.45) is 0 Å². The van der Waals surface area contributed by atoms with Crippen LogP contribution in [0, 0.1) is 5.82 Å². The maximum atomic E-state index is 13.5. The molecule has 1 amide bonds. The van der Waals surface area contributed by atoms with Crippen LogP contribution in [0.3, 0.4) is 0 Å². The van der Waals surface area contributed by atoms with E-state index in [1.807, 2.05) is 31.5 Å². The van der Waals surface area contributed by atoms with Crippen LogP contribution in [0.2, 0.25) is 0 Å². The normalized spacial score (nSPS) is 18.3. The Labute approximate surface area is 123 Å². The van der Waals surface area contributed by atoms with Crippen LogP contribution in [-0.2, 0) is 10.3 Å². The lowest BCUT2D eigenvalue weighted by molar-refractivity contribution is -0.116. The standard InChI is InChI=1S/C16H18FN3O/c1-16(2,3)20-15-13(9-18-20)12(8-14(21)19-15)10-5-4-6-11(17)7-10/h4-7,9,12H,8H2,1-3H3,(H,19,21)/t12-/m0/s1. The molecule has 1 aromatic heterocycles. The van der Waals surface area contributed by atoms with Gasteiger partial charge >= 0.3 is 0 Å². The minimum absolute atomic E-state index is 0.0669. The lowest BCUT2D eigenvalue weighted by atomic mass is 9.87. The molecule has 3 rings (SSSR count). The molecule has 0 fully saturated rings. The van der Waals surface area contributed by atoms with Crippen LogP contribution in [0.1, 0.15) is 44.2 Å². The van der Waals surface area contributed by atoms with Crippen molar-refractivity contribution in [2.75, 3.05) is 5.32 Å². The molecule has 1 aliphatic rings. The monoisotopic (exact) mass is 287 g/mol. The molecule has 21 heavy (non-hydrogen) atoms. The van der Waals surface area contributed by atoms with E-state index in [2.05, 4.69) is 10.4 Å². The second-order valence-corrected chi connectivity index (χ2v) is 6.39. The van der Waals surface area contributed by atoms with Gasteiger partial charge in [0.15, 0.2) is 0 Å². The van der Waals surface area contributed by atoms with Crippen molar-refractivity contribution in [2.45, 2.75) is 38.6 Å². The highest BCUT2D eigenvalue weighted by atomic mass is 19.1. The van der Waals surface area contributed by atoms with Crippen LogP contribution >= 0.6 is 0 Å². The van der Waals surface area contributed by atoms with Gasteiger partial charge in [0.1, 0.15) is 11.6 Å². The minimum Gasteiger partial charge on any atom is -0.311 e. The molecule has 2 aromatic rings. The van der Waals surface area contributed by atoms with Gasteiger partial charge in [-0.2, -0.15) is 5.10 Å². The molecule has 0 unspecified atom stereocenters. The molecule has 1 aliphatic heterocycles. The summed E-state index contributed by atoms with van der Waals surface area (Å²) >= 11 is 0. The van der Waals surface area contributed by atoms with Gasteiger partial charge in [-0.25, -0.2) is 9.07 Å². The van der Waals surface area contributed by atoms with Crippen molar-refractivity contribution in [3.63, 3.8) is 0 Å². The van der Waals surface area contributed by atoms with Crippen LogP contribution < -0.4 is 5.32 Å². The molecule has 0 saturated heterocycles. The Kier molecular flexibility index (Phi) is 3.08. The largest absolute Gasteiger partial charge is 0.311 e. The van der Waals surface area contributed by atoms with Gasteiger partial charge < -0.3 is 5.32 Å². The molecule has 2 heterocycles. The second-order valence-electron chi connectivity index (χ2n) is 6.39. The maximum absolute atomic E-state index is 13.5. The fourth-order valence-corrected chi connectivity index (χ4v) is 2.75. The van der Waals surface area contributed by atoms with E-state index in [-0.39, 0.29) is 23.2 Å². The van der Waals surface area contributed by atoms with E-state index in [0.29, 0.717) is 12.2 Å². The van der Waals surface area contributed by atoms with Crippen LogP contribution in [0.25, 0.3) is 0 Å². The predicted octanol–water partition coefficient (Wildman–Crippen LogP) is 3.25. The molecule has 0 radical (unpaired) electrons. The first-order chi connectivity index (χ1) is 9.86. The van der Waals surface area contributed by atoms with E-state index in [1.54, 1.807) is 12.3 Å². The number of rotatable bonds is 1. The van der Waals surface area contributed by atoms with Crippen LogP contribution in [0.4, 0.5) is 10.2 Å². The Hall–Kier alpha value is -2.17. The first kappa shape index (κ1) is 13.8. The summed E-state index contributed by atoms with van der Waals surface area (Å²) < 4.78 is 15.3. The molecule has 0 saturated carbocycles. The maximum Gasteiger partial charge on any atom is 0.226 e. The Morgan fingerprint density at radius 3 is 2.81 bits per heavy atom. The second kappa shape index (κ2) is 4.69. The van der Waals surface area contributed by atoms with E-state index in [9.17, 15) is 9.18 Å². The smallest absolute Gasteiger partial charge is 0.226 e. The molecule has 5 heteroatoms. The summed E-state index contributed by atoms with van der Waals surface area (Å²) in [5, 5.41) is 7.31. The number of halogens is 1. The van der Waals surface area contributed by atoms with Crippen molar-refractivity contribution in [3.05, 3.63) is 47.4 Å². The summed E-state index contributed by atoms with van der Waals surface area (Å²) in [5.41, 5.74) is 1.51. The predicted molar refractivity (Wildman–Crippen MR) is 78.7 cm³/mol. The average molecular weight is 287 g/mol. The van der Waals surface area contributed by atoms with Gasteiger partial charge in [0, 0.05) is 17.9 Å². The lowest BCUT2D eigenvalue weighted by Gasteiger charge is -2.28. The Morgan fingerprint density at radius 2 is 2.14 bits per heavy atom. The summed E-state index contributed by atoms with van der Waals surface area (Å²) in [4.78, 5) is 12.0. The molecule has 0 bridgehead atoms. The fraction of sp³-hybridized carbons (Fsp3) is 0.375. The zero-order valence-electron chi connectivity index (χ0n) is 12.4. The number of nitrogens with one attached hydrogen (secondary N) is 1. The SMILES string of the molecule is CC(C)(C)n1ncc2c1NC(=O)C[C@H]2c1cccc(F)c1. The number of carbonyl (C=O) groups is 1. The molecule has 4 nitrogen and oxygen atoms in total. The van der Waals surface area contributed by atoms with Gasteiger partial charge in [-0.3, -0.25) is 4.79 Å². The zero-order chi connectivity index (χ0) is 15.2. The molecular formula is C16H18FN3O. The van der Waals surface area contributed by atoms with E-state index in [4.69, 9.17) is 0 Å². The van der Waals surface area contributed by atoms with Gasteiger partial charge in [-0.05, 0) is 38.5 Å². The third-order valence-electron chi connectivity index (χ3n) is 3.71. The number of hydrogen-bond acceptors (Lipinski definition) is 2. The summed E-state index contributed by atoms with van der Waals surface area (Å²) in [7, 11) is 0.